The standard InChI is InChI=1S/C14H19FN2O/c15-12-3-4-14(11(8-12)10-18)17-7-6-16-5-1-2-13(16)9-17/h3-4,8,13,18H,1-2,5-7,9-10H2. The molecule has 0 amide bonds. The van der Waals surface area contributed by atoms with Crippen molar-refractivity contribution in [2.24, 2.45) is 0 Å². The number of fused-ring (bicyclic) bond motifs is 1. The summed E-state index contributed by atoms with van der Waals surface area (Å²) in [7, 11) is 0. The molecule has 2 aliphatic heterocycles. The van der Waals surface area contributed by atoms with Crippen LogP contribution in [-0.2, 0) is 6.61 Å². The van der Waals surface area contributed by atoms with Gasteiger partial charge in [0, 0.05) is 36.9 Å². The third-order valence-electron chi connectivity index (χ3n) is 4.14. The molecule has 3 rings (SSSR count). The van der Waals surface area contributed by atoms with E-state index in [4.69, 9.17) is 0 Å². The summed E-state index contributed by atoms with van der Waals surface area (Å²) in [5, 5.41) is 9.36. The Morgan fingerprint density at radius 3 is 3.00 bits per heavy atom. The highest BCUT2D eigenvalue weighted by atomic mass is 19.1. The first kappa shape index (κ1) is 11.9. The van der Waals surface area contributed by atoms with E-state index in [-0.39, 0.29) is 12.4 Å². The van der Waals surface area contributed by atoms with Crippen molar-refractivity contribution in [2.45, 2.75) is 25.5 Å². The number of aliphatic hydroxyl groups excluding tert-OH is 1. The van der Waals surface area contributed by atoms with Gasteiger partial charge in [-0.3, -0.25) is 4.90 Å². The van der Waals surface area contributed by atoms with Crippen LogP contribution in [0.5, 0.6) is 0 Å². The molecule has 4 heteroatoms. The van der Waals surface area contributed by atoms with Crippen LogP contribution in [0.3, 0.4) is 0 Å². The van der Waals surface area contributed by atoms with E-state index in [1.165, 1.54) is 31.5 Å². The molecule has 0 radical (unpaired) electrons. The summed E-state index contributed by atoms with van der Waals surface area (Å²) in [6, 6.07) is 5.35. The molecule has 0 aliphatic carbocycles. The van der Waals surface area contributed by atoms with Crippen LogP contribution in [0.1, 0.15) is 18.4 Å². The molecule has 1 aromatic carbocycles. The maximum Gasteiger partial charge on any atom is 0.123 e. The second-order valence-electron chi connectivity index (χ2n) is 5.21. The van der Waals surface area contributed by atoms with Gasteiger partial charge >= 0.3 is 0 Å². The lowest BCUT2D eigenvalue weighted by Crippen LogP contribution is -2.50. The highest BCUT2D eigenvalue weighted by Crippen LogP contribution is 2.28. The number of benzene rings is 1. The zero-order valence-electron chi connectivity index (χ0n) is 10.5. The second-order valence-corrected chi connectivity index (χ2v) is 5.21. The lowest BCUT2D eigenvalue weighted by molar-refractivity contribution is 0.230. The van der Waals surface area contributed by atoms with Crippen molar-refractivity contribution >= 4 is 5.69 Å². The summed E-state index contributed by atoms with van der Waals surface area (Å²) < 4.78 is 13.2. The average molecular weight is 250 g/mol. The SMILES string of the molecule is OCc1cc(F)ccc1N1CCN2CCCC2C1. The largest absolute Gasteiger partial charge is 0.392 e. The van der Waals surface area contributed by atoms with Crippen molar-refractivity contribution in [3.63, 3.8) is 0 Å². The van der Waals surface area contributed by atoms with Gasteiger partial charge in [0.1, 0.15) is 5.82 Å². The third-order valence-corrected chi connectivity index (χ3v) is 4.14. The predicted molar refractivity (Wildman–Crippen MR) is 69.1 cm³/mol. The molecule has 2 saturated heterocycles. The van der Waals surface area contributed by atoms with Gasteiger partial charge in [0.25, 0.3) is 0 Å². The minimum Gasteiger partial charge on any atom is -0.392 e. The van der Waals surface area contributed by atoms with Gasteiger partial charge in [0.2, 0.25) is 0 Å². The van der Waals surface area contributed by atoms with Crippen molar-refractivity contribution in [3.8, 4) is 0 Å². The van der Waals surface area contributed by atoms with Crippen LogP contribution in [0.15, 0.2) is 18.2 Å². The normalized spacial score (nSPS) is 24.3. The number of nitrogens with zero attached hydrogens (tertiary/aromatic N) is 2. The molecule has 0 spiro atoms. The Bertz CT molecular complexity index is 438. The van der Waals surface area contributed by atoms with Crippen molar-refractivity contribution in [1.29, 1.82) is 0 Å². The minimum absolute atomic E-state index is 0.0992. The number of rotatable bonds is 2. The topological polar surface area (TPSA) is 26.7 Å². The first-order chi connectivity index (χ1) is 8.78. The molecule has 98 valence electrons. The Morgan fingerprint density at radius 1 is 1.28 bits per heavy atom. The average Bonchev–Trinajstić information content (AvgIpc) is 2.85. The lowest BCUT2D eigenvalue weighted by atomic mass is 10.1. The zero-order valence-corrected chi connectivity index (χ0v) is 10.5. The molecule has 3 nitrogen and oxygen atoms in total. The Hall–Kier alpha value is -1.13. The minimum atomic E-state index is -0.276. The number of aliphatic hydroxyl groups is 1. The summed E-state index contributed by atoms with van der Waals surface area (Å²) in [6.07, 6.45) is 2.54. The molecule has 1 aromatic rings. The van der Waals surface area contributed by atoms with E-state index in [0.717, 1.165) is 25.3 Å². The van der Waals surface area contributed by atoms with Gasteiger partial charge in [-0.25, -0.2) is 4.39 Å². The van der Waals surface area contributed by atoms with Crippen LogP contribution in [0.2, 0.25) is 0 Å². The van der Waals surface area contributed by atoms with Crippen molar-refractivity contribution in [2.75, 3.05) is 31.1 Å². The van der Waals surface area contributed by atoms with Gasteiger partial charge in [-0.2, -0.15) is 0 Å². The van der Waals surface area contributed by atoms with Crippen molar-refractivity contribution in [3.05, 3.63) is 29.6 Å². The smallest absolute Gasteiger partial charge is 0.123 e. The Morgan fingerprint density at radius 2 is 2.17 bits per heavy atom. The van der Waals surface area contributed by atoms with E-state index >= 15 is 0 Å². The summed E-state index contributed by atoms with van der Waals surface area (Å²) >= 11 is 0. The second kappa shape index (κ2) is 4.86. The van der Waals surface area contributed by atoms with Crippen LogP contribution >= 0.6 is 0 Å². The number of hydrogen-bond acceptors (Lipinski definition) is 3. The van der Waals surface area contributed by atoms with E-state index in [1.54, 1.807) is 6.07 Å². The van der Waals surface area contributed by atoms with E-state index in [9.17, 15) is 9.50 Å². The maximum atomic E-state index is 13.2. The highest BCUT2D eigenvalue weighted by Gasteiger charge is 2.31. The van der Waals surface area contributed by atoms with Gasteiger partial charge in [-0.05, 0) is 37.6 Å². The number of halogens is 1. The van der Waals surface area contributed by atoms with Crippen molar-refractivity contribution < 1.29 is 9.50 Å². The fourth-order valence-electron chi connectivity index (χ4n) is 3.20. The molecule has 1 atom stereocenters. The quantitative estimate of drug-likeness (QED) is 0.863. The predicted octanol–water partition coefficient (Wildman–Crippen LogP) is 1.60. The van der Waals surface area contributed by atoms with Gasteiger partial charge in [0.15, 0.2) is 0 Å². The summed E-state index contributed by atoms with van der Waals surface area (Å²) in [4.78, 5) is 4.83. The lowest BCUT2D eigenvalue weighted by Gasteiger charge is -2.39. The van der Waals surface area contributed by atoms with Crippen LogP contribution in [-0.4, -0.2) is 42.2 Å². The number of anilines is 1. The Labute approximate surface area is 107 Å². The molecule has 2 fully saturated rings. The molecular formula is C14H19FN2O. The fourth-order valence-corrected chi connectivity index (χ4v) is 3.20. The van der Waals surface area contributed by atoms with Crippen LogP contribution < -0.4 is 4.90 Å². The fraction of sp³-hybridized carbons (Fsp3) is 0.571. The van der Waals surface area contributed by atoms with E-state index in [0.29, 0.717) is 11.6 Å². The summed E-state index contributed by atoms with van der Waals surface area (Å²) in [6.45, 7) is 4.16. The first-order valence-corrected chi connectivity index (χ1v) is 6.66. The molecule has 1 N–H and O–H groups in total. The van der Waals surface area contributed by atoms with Crippen LogP contribution in [0, 0.1) is 5.82 Å². The molecule has 0 saturated carbocycles. The zero-order chi connectivity index (χ0) is 12.5. The Kier molecular flexibility index (Phi) is 3.22. The van der Waals surface area contributed by atoms with Crippen LogP contribution in [0.4, 0.5) is 10.1 Å². The Balaban J connectivity index is 1.82. The highest BCUT2D eigenvalue weighted by molar-refractivity contribution is 5.54. The monoisotopic (exact) mass is 250 g/mol. The summed E-state index contributed by atoms with van der Waals surface area (Å²) in [5.41, 5.74) is 1.69. The number of hydrogen-bond donors (Lipinski definition) is 1. The molecule has 0 bridgehead atoms. The van der Waals surface area contributed by atoms with E-state index < -0.39 is 0 Å². The summed E-state index contributed by atoms with van der Waals surface area (Å²) in [5.74, 6) is -0.276. The molecule has 2 aliphatic rings. The van der Waals surface area contributed by atoms with Gasteiger partial charge in [-0.1, -0.05) is 0 Å². The molecule has 0 aromatic heterocycles. The molecule has 2 heterocycles. The number of piperazine rings is 1. The van der Waals surface area contributed by atoms with Crippen molar-refractivity contribution in [1.82, 2.24) is 4.90 Å². The van der Waals surface area contributed by atoms with Crippen LogP contribution in [0.25, 0.3) is 0 Å². The molecule has 1 unspecified atom stereocenters. The molecular weight excluding hydrogens is 231 g/mol. The first-order valence-electron chi connectivity index (χ1n) is 6.66. The van der Waals surface area contributed by atoms with Gasteiger partial charge in [-0.15, -0.1) is 0 Å². The third kappa shape index (κ3) is 2.10. The van der Waals surface area contributed by atoms with E-state index in [2.05, 4.69) is 9.80 Å². The maximum absolute atomic E-state index is 13.2. The van der Waals surface area contributed by atoms with E-state index in [1.807, 2.05) is 0 Å². The molecule has 18 heavy (non-hydrogen) atoms. The van der Waals surface area contributed by atoms with Gasteiger partial charge < -0.3 is 10.0 Å². The van der Waals surface area contributed by atoms with Gasteiger partial charge in [0.05, 0.1) is 6.61 Å².